The highest BCUT2D eigenvalue weighted by Crippen LogP contribution is 2.30. The molecule has 0 heterocycles. The van der Waals surface area contributed by atoms with E-state index in [4.69, 9.17) is 4.74 Å². The molecule has 1 aliphatic rings. The molecular formula is C29H32F2N2O3. The summed E-state index contributed by atoms with van der Waals surface area (Å²) in [6, 6.07) is 17.5. The molecule has 0 bridgehead atoms. The molecule has 3 aromatic rings. The van der Waals surface area contributed by atoms with Crippen LogP contribution in [-0.2, 0) is 19.3 Å². The van der Waals surface area contributed by atoms with Crippen molar-refractivity contribution in [1.82, 2.24) is 10.6 Å². The molecule has 7 heteroatoms. The summed E-state index contributed by atoms with van der Waals surface area (Å²) in [6.07, 6.45) is 2.21. The smallest absolute Gasteiger partial charge is 0.410 e. The zero-order valence-corrected chi connectivity index (χ0v) is 20.3. The van der Waals surface area contributed by atoms with Gasteiger partial charge in [-0.05, 0) is 78.6 Å². The fraction of sp³-hybridized carbons (Fsp3) is 0.345. The molecular weight excluding hydrogens is 462 g/mol. The van der Waals surface area contributed by atoms with Crippen molar-refractivity contribution in [2.75, 3.05) is 6.54 Å². The summed E-state index contributed by atoms with van der Waals surface area (Å²) in [5, 5.41) is 17.2. The van der Waals surface area contributed by atoms with E-state index < -0.39 is 29.9 Å². The largest absolute Gasteiger partial charge is 0.412 e. The van der Waals surface area contributed by atoms with Crippen LogP contribution in [0.3, 0.4) is 0 Å². The number of aliphatic hydroxyl groups is 1. The summed E-state index contributed by atoms with van der Waals surface area (Å²) in [5.41, 5.74) is 4.14. The van der Waals surface area contributed by atoms with E-state index >= 15 is 0 Å². The molecule has 1 amide bonds. The quantitative estimate of drug-likeness (QED) is 0.380. The van der Waals surface area contributed by atoms with Gasteiger partial charge in [-0.25, -0.2) is 13.6 Å². The maximum atomic E-state index is 13.8. The molecule has 0 saturated heterocycles. The van der Waals surface area contributed by atoms with Gasteiger partial charge in [-0.1, -0.05) is 43.3 Å². The summed E-state index contributed by atoms with van der Waals surface area (Å²) in [6.45, 7) is 2.31. The lowest BCUT2D eigenvalue weighted by atomic mass is 9.86. The normalized spacial score (nSPS) is 16.6. The Bertz CT molecular complexity index is 1150. The average molecular weight is 495 g/mol. The number of aliphatic hydroxyl groups excluding tert-OH is 1. The minimum absolute atomic E-state index is 0.0304. The number of hydrogen-bond donors (Lipinski definition) is 3. The number of hydrogen-bond acceptors (Lipinski definition) is 4. The van der Waals surface area contributed by atoms with Crippen LogP contribution in [-0.4, -0.2) is 29.9 Å². The van der Waals surface area contributed by atoms with Crippen LogP contribution in [0.4, 0.5) is 13.6 Å². The van der Waals surface area contributed by atoms with Crippen LogP contribution < -0.4 is 15.4 Å². The Labute approximate surface area is 210 Å². The zero-order chi connectivity index (χ0) is 25.5. The lowest BCUT2D eigenvalue weighted by Crippen LogP contribution is -2.50. The van der Waals surface area contributed by atoms with Crippen molar-refractivity contribution in [3.8, 4) is 5.75 Å². The Morgan fingerprint density at radius 1 is 1.06 bits per heavy atom. The van der Waals surface area contributed by atoms with E-state index in [0.717, 1.165) is 31.7 Å². The minimum Gasteiger partial charge on any atom is -0.410 e. The van der Waals surface area contributed by atoms with E-state index in [1.54, 1.807) is 30.3 Å². The molecule has 5 nitrogen and oxygen atoms in total. The SMILES string of the molecule is CCc1ccc2c(c1)[C@@H](NC[C@@H](O)[C@H](Cc1cc(F)cc(F)c1)NC(=O)Oc1ccccc1)CCC2. The van der Waals surface area contributed by atoms with Crippen LogP contribution in [0.5, 0.6) is 5.75 Å². The maximum absolute atomic E-state index is 13.8. The second kappa shape index (κ2) is 12.1. The summed E-state index contributed by atoms with van der Waals surface area (Å²) in [5.74, 6) is -1.08. The molecule has 3 aromatic carbocycles. The van der Waals surface area contributed by atoms with Crippen molar-refractivity contribution in [2.45, 2.75) is 57.2 Å². The number of amides is 1. The van der Waals surface area contributed by atoms with Gasteiger partial charge in [0.05, 0.1) is 12.1 Å². The van der Waals surface area contributed by atoms with Crippen molar-refractivity contribution in [1.29, 1.82) is 0 Å². The highest BCUT2D eigenvalue weighted by molar-refractivity contribution is 5.70. The van der Waals surface area contributed by atoms with E-state index in [1.807, 2.05) is 0 Å². The number of aryl methyl sites for hydroxylation is 2. The monoisotopic (exact) mass is 494 g/mol. The standard InChI is InChI=1S/C29H32F2N2O3/c1-2-19-11-12-21-7-6-10-26(25(21)15-19)32-18-28(34)27(16-20-13-22(30)17-23(31)14-20)33-29(35)36-24-8-4-3-5-9-24/h3-5,8-9,11-15,17,26-28,32,34H,2,6-7,10,16,18H2,1H3,(H,33,35)/t26-,27-,28+/m0/s1. The van der Waals surface area contributed by atoms with E-state index in [0.29, 0.717) is 11.3 Å². The predicted molar refractivity (Wildman–Crippen MR) is 135 cm³/mol. The molecule has 1 aliphatic carbocycles. The molecule has 3 atom stereocenters. The highest BCUT2D eigenvalue weighted by atomic mass is 19.1. The molecule has 0 spiro atoms. The van der Waals surface area contributed by atoms with Crippen LogP contribution in [0, 0.1) is 11.6 Å². The third kappa shape index (κ3) is 6.89. The number of nitrogens with one attached hydrogen (secondary N) is 2. The maximum Gasteiger partial charge on any atom is 0.412 e. The Morgan fingerprint density at radius 2 is 1.81 bits per heavy atom. The van der Waals surface area contributed by atoms with Gasteiger partial charge in [0.25, 0.3) is 0 Å². The lowest BCUT2D eigenvalue weighted by Gasteiger charge is -2.30. The molecule has 4 rings (SSSR count). The number of rotatable bonds is 9. The van der Waals surface area contributed by atoms with Crippen LogP contribution in [0.15, 0.2) is 66.7 Å². The van der Waals surface area contributed by atoms with Crippen molar-refractivity contribution >= 4 is 6.09 Å². The number of ether oxygens (including phenoxy) is 1. The highest BCUT2D eigenvalue weighted by Gasteiger charge is 2.26. The van der Waals surface area contributed by atoms with Crippen molar-refractivity contribution < 1.29 is 23.4 Å². The molecule has 0 radical (unpaired) electrons. The zero-order valence-electron chi connectivity index (χ0n) is 20.3. The molecule has 190 valence electrons. The number of carbonyl (C=O) groups excluding carboxylic acids is 1. The first-order chi connectivity index (χ1) is 17.4. The van der Waals surface area contributed by atoms with Gasteiger partial charge < -0.3 is 20.5 Å². The van der Waals surface area contributed by atoms with Crippen molar-refractivity contribution in [3.63, 3.8) is 0 Å². The number of para-hydroxylation sites is 1. The van der Waals surface area contributed by atoms with Gasteiger partial charge in [0.1, 0.15) is 17.4 Å². The fourth-order valence-electron chi connectivity index (χ4n) is 4.73. The van der Waals surface area contributed by atoms with Gasteiger partial charge >= 0.3 is 6.09 Å². The second-order valence-corrected chi connectivity index (χ2v) is 9.24. The molecule has 0 saturated carbocycles. The topological polar surface area (TPSA) is 70.6 Å². The molecule has 3 N–H and O–H groups in total. The van der Waals surface area contributed by atoms with Gasteiger partial charge in [-0.3, -0.25) is 0 Å². The molecule has 0 aromatic heterocycles. The first-order valence-electron chi connectivity index (χ1n) is 12.4. The fourth-order valence-corrected chi connectivity index (χ4v) is 4.73. The number of benzene rings is 3. The third-order valence-corrected chi connectivity index (χ3v) is 6.61. The third-order valence-electron chi connectivity index (χ3n) is 6.61. The van der Waals surface area contributed by atoms with Crippen molar-refractivity contribution in [3.05, 3.63) is 101 Å². The molecule has 36 heavy (non-hydrogen) atoms. The van der Waals surface area contributed by atoms with Gasteiger partial charge in [0.15, 0.2) is 0 Å². The van der Waals surface area contributed by atoms with Crippen LogP contribution >= 0.6 is 0 Å². The Morgan fingerprint density at radius 3 is 2.53 bits per heavy atom. The Kier molecular flexibility index (Phi) is 8.67. The van der Waals surface area contributed by atoms with E-state index in [-0.39, 0.29) is 19.0 Å². The molecule has 0 aliphatic heterocycles. The molecule has 0 unspecified atom stereocenters. The molecule has 0 fully saturated rings. The summed E-state index contributed by atoms with van der Waals surface area (Å²) in [7, 11) is 0. The van der Waals surface area contributed by atoms with Crippen molar-refractivity contribution in [2.24, 2.45) is 0 Å². The summed E-state index contributed by atoms with van der Waals surface area (Å²) >= 11 is 0. The van der Waals surface area contributed by atoms with Crippen LogP contribution in [0.25, 0.3) is 0 Å². The van der Waals surface area contributed by atoms with Gasteiger partial charge in [-0.2, -0.15) is 0 Å². The Hall–Kier alpha value is -3.29. The van der Waals surface area contributed by atoms with E-state index in [9.17, 15) is 18.7 Å². The van der Waals surface area contributed by atoms with Gasteiger partial charge in [0, 0.05) is 18.7 Å². The van der Waals surface area contributed by atoms with E-state index in [2.05, 4.69) is 35.8 Å². The number of carbonyl (C=O) groups is 1. The minimum atomic E-state index is -1.03. The van der Waals surface area contributed by atoms with Crippen LogP contribution in [0.2, 0.25) is 0 Å². The first-order valence-corrected chi connectivity index (χ1v) is 12.4. The predicted octanol–water partition coefficient (Wildman–Crippen LogP) is 5.26. The number of halogens is 2. The summed E-state index contributed by atoms with van der Waals surface area (Å²) in [4.78, 5) is 12.6. The Balaban J connectivity index is 1.47. The van der Waals surface area contributed by atoms with Gasteiger partial charge in [0.2, 0.25) is 0 Å². The van der Waals surface area contributed by atoms with Gasteiger partial charge in [-0.15, -0.1) is 0 Å². The average Bonchev–Trinajstić information content (AvgIpc) is 2.86. The summed E-state index contributed by atoms with van der Waals surface area (Å²) < 4.78 is 32.9. The second-order valence-electron chi connectivity index (χ2n) is 9.24. The van der Waals surface area contributed by atoms with E-state index in [1.165, 1.54) is 28.8 Å². The number of fused-ring (bicyclic) bond motifs is 1. The lowest BCUT2D eigenvalue weighted by molar-refractivity contribution is 0.115. The first kappa shape index (κ1) is 25.8. The van der Waals surface area contributed by atoms with Crippen LogP contribution in [0.1, 0.15) is 48.1 Å².